The first-order chi connectivity index (χ1) is 8.58. The number of anilines is 2. The molecule has 0 atom stereocenters. The van der Waals surface area contributed by atoms with Gasteiger partial charge in [0.25, 0.3) is 5.91 Å². The van der Waals surface area contributed by atoms with Crippen molar-refractivity contribution in [3.8, 4) is 0 Å². The third-order valence-electron chi connectivity index (χ3n) is 2.65. The molecule has 2 aromatic carbocycles. The number of hydrogen-bond donors (Lipinski definition) is 2. The summed E-state index contributed by atoms with van der Waals surface area (Å²) in [6.45, 7) is 1.84. The second kappa shape index (κ2) is 4.87. The summed E-state index contributed by atoms with van der Waals surface area (Å²) in [4.78, 5) is 11.8. The number of hydrogen-bond acceptors (Lipinski definition) is 2. The summed E-state index contributed by atoms with van der Waals surface area (Å²) in [5.74, 6) is -1.01. The monoisotopic (exact) mass is 244 g/mol. The van der Waals surface area contributed by atoms with E-state index in [1.54, 1.807) is 30.3 Å². The molecule has 0 saturated carbocycles. The van der Waals surface area contributed by atoms with Crippen LogP contribution < -0.4 is 11.1 Å². The largest absolute Gasteiger partial charge is 0.399 e. The molecule has 18 heavy (non-hydrogen) atoms. The lowest BCUT2D eigenvalue weighted by Gasteiger charge is -2.08. The molecule has 0 fully saturated rings. The number of carbonyl (C=O) groups is 1. The Morgan fingerprint density at radius 1 is 1.22 bits per heavy atom. The summed E-state index contributed by atoms with van der Waals surface area (Å²) in [7, 11) is 0. The van der Waals surface area contributed by atoms with Crippen molar-refractivity contribution in [1.82, 2.24) is 0 Å². The summed E-state index contributed by atoms with van der Waals surface area (Å²) in [5.41, 5.74) is 7.81. The van der Waals surface area contributed by atoms with E-state index in [1.165, 1.54) is 12.1 Å². The number of benzene rings is 2. The van der Waals surface area contributed by atoms with Crippen LogP contribution in [-0.2, 0) is 0 Å². The Kier molecular flexibility index (Phi) is 3.28. The zero-order chi connectivity index (χ0) is 13.1. The first-order valence-electron chi connectivity index (χ1n) is 5.50. The van der Waals surface area contributed by atoms with Crippen LogP contribution in [0.2, 0.25) is 0 Å². The Morgan fingerprint density at radius 3 is 2.61 bits per heavy atom. The maximum Gasteiger partial charge on any atom is 0.258 e. The van der Waals surface area contributed by atoms with Crippen LogP contribution in [0.25, 0.3) is 0 Å². The van der Waals surface area contributed by atoms with Crippen molar-refractivity contribution in [2.75, 3.05) is 11.1 Å². The molecule has 0 unspecified atom stereocenters. The molecule has 2 aromatic rings. The Bertz CT molecular complexity index is 596. The molecule has 0 aromatic heterocycles. The highest BCUT2D eigenvalue weighted by Crippen LogP contribution is 2.17. The normalized spacial score (nSPS) is 10.1. The molecular formula is C14H13FN2O. The van der Waals surface area contributed by atoms with Crippen molar-refractivity contribution in [2.45, 2.75) is 6.92 Å². The number of halogens is 1. The van der Waals surface area contributed by atoms with Gasteiger partial charge >= 0.3 is 0 Å². The van der Waals surface area contributed by atoms with Gasteiger partial charge in [0.05, 0.1) is 5.56 Å². The van der Waals surface area contributed by atoms with Gasteiger partial charge in [-0.15, -0.1) is 0 Å². The first kappa shape index (κ1) is 12.1. The number of carbonyl (C=O) groups excluding carboxylic acids is 1. The fourth-order valence-electron chi connectivity index (χ4n) is 1.60. The van der Waals surface area contributed by atoms with Gasteiger partial charge in [-0.3, -0.25) is 4.79 Å². The van der Waals surface area contributed by atoms with Crippen LogP contribution in [0.4, 0.5) is 15.8 Å². The van der Waals surface area contributed by atoms with Crippen LogP contribution >= 0.6 is 0 Å². The summed E-state index contributed by atoms with van der Waals surface area (Å²) in [5, 5.41) is 2.63. The molecule has 4 heteroatoms. The number of aryl methyl sites for hydroxylation is 1. The van der Waals surface area contributed by atoms with E-state index in [1.807, 2.05) is 6.92 Å². The predicted octanol–water partition coefficient (Wildman–Crippen LogP) is 2.97. The van der Waals surface area contributed by atoms with Gasteiger partial charge in [0.1, 0.15) is 5.82 Å². The van der Waals surface area contributed by atoms with Gasteiger partial charge in [0, 0.05) is 11.4 Å². The van der Waals surface area contributed by atoms with E-state index in [4.69, 9.17) is 5.73 Å². The molecule has 0 spiro atoms. The van der Waals surface area contributed by atoms with Gasteiger partial charge in [-0.05, 0) is 42.8 Å². The fraction of sp³-hybridized carbons (Fsp3) is 0.0714. The molecule has 0 aliphatic rings. The van der Waals surface area contributed by atoms with Crippen molar-refractivity contribution in [3.05, 3.63) is 59.4 Å². The Labute approximate surface area is 104 Å². The molecule has 1 amide bonds. The second-order valence-electron chi connectivity index (χ2n) is 4.01. The number of nitrogens with one attached hydrogen (secondary N) is 1. The van der Waals surface area contributed by atoms with Gasteiger partial charge in [-0.2, -0.15) is 0 Å². The van der Waals surface area contributed by atoms with E-state index in [-0.39, 0.29) is 5.56 Å². The molecule has 0 heterocycles. The minimum atomic E-state index is -0.540. The maximum absolute atomic E-state index is 13.4. The van der Waals surface area contributed by atoms with Gasteiger partial charge in [0.2, 0.25) is 0 Å². The van der Waals surface area contributed by atoms with Crippen LogP contribution in [-0.4, -0.2) is 5.91 Å². The topological polar surface area (TPSA) is 55.1 Å². The van der Waals surface area contributed by atoms with Crippen LogP contribution in [0, 0.1) is 12.7 Å². The van der Waals surface area contributed by atoms with E-state index in [0.717, 1.165) is 5.56 Å². The van der Waals surface area contributed by atoms with Gasteiger partial charge < -0.3 is 11.1 Å². The molecule has 3 N–H and O–H groups in total. The fourth-order valence-corrected chi connectivity index (χ4v) is 1.60. The number of amides is 1. The average Bonchev–Trinajstić information content (AvgIpc) is 2.34. The third-order valence-corrected chi connectivity index (χ3v) is 2.65. The zero-order valence-corrected chi connectivity index (χ0v) is 9.91. The maximum atomic E-state index is 13.4. The minimum absolute atomic E-state index is 0.0204. The Balaban J connectivity index is 2.22. The summed E-state index contributed by atoms with van der Waals surface area (Å²) in [6, 6.07) is 11.0. The highest BCUT2D eigenvalue weighted by atomic mass is 19.1. The van der Waals surface area contributed by atoms with Crippen LogP contribution in [0.15, 0.2) is 42.5 Å². The molecule has 0 aliphatic heterocycles. The van der Waals surface area contributed by atoms with Crippen LogP contribution in [0.5, 0.6) is 0 Å². The smallest absolute Gasteiger partial charge is 0.258 e. The standard InChI is InChI=1S/C14H13FN2O/c1-9-8-10(6-7-13(9)16)17-14(18)11-4-2-3-5-12(11)15/h2-8H,16H2,1H3,(H,17,18). The van der Waals surface area contributed by atoms with E-state index >= 15 is 0 Å². The number of rotatable bonds is 2. The lowest BCUT2D eigenvalue weighted by molar-refractivity contribution is 0.102. The van der Waals surface area contributed by atoms with Gasteiger partial charge in [0.15, 0.2) is 0 Å². The van der Waals surface area contributed by atoms with Crippen molar-refractivity contribution in [1.29, 1.82) is 0 Å². The quantitative estimate of drug-likeness (QED) is 0.798. The lowest BCUT2D eigenvalue weighted by atomic mass is 10.1. The molecule has 0 bridgehead atoms. The molecule has 2 rings (SSSR count). The third kappa shape index (κ3) is 2.48. The van der Waals surface area contributed by atoms with Crippen molar-refractivity contribution in [2.24, 2.45) is 0 Å². The second-order valence-corrected chi connectivity index (χ2v) is 4.01. The van der Waals surface area contributed by atoms with Crippen molar-refractivity contribution >= 4 is 17.3 Å². The molecule has 3 nitrogen and oxygen atoms in total. The van der Waals surface area contributed by atoms with Crippen LogP contribution in [0.1, 0.15) is 15.9 Å². The Hall–Kier alpha value is -2.36. The van der Waals surface area contributed by atoms with Crippen molar-refractivity contribution in [3.63, 3.8) is 0 Å². The summed E-state index contributed by atoms with van der Waals surface area (Å²) >= 11 is 0. The molecular weight excluding hydrogens is 231 g/mol. The van der Waals surface area contributed by atoms with E-state index in [2.05, 4.69) is 5.32 Å². The molecule has 0 saturated heterocycles. The average molecular weight is 244 g/mol. The highest BCUT2D eigenvalue weighted by Gasteiger charge is 2.10. The van der Waals surface area contributed by atoms with Crippen molar-refractivity contribution < 1.29 is 9.18 Å². The summed E-state index contributed by atoms with van der Waals surface area (Å²) < 4.78 is 13.4. The van der Waals surface area contributed by atoms with Gasteiger partial charge in [-0.1, -0.05) is 12.1 Å². The lowest BCUT2D eigenvalue weighted by Crippen LogP contribution is -2.13. The number of nitrogen functional groups attached to an aromatic ring is 1. The van der Waals surface area contributed by atoms with E-state index < -0.39 is 11.7 Å². The van der Waals surface area contributed by atoms with E-state index in [0.29, 0.717) is 11.4 Å². The Morgan fingerprint density at radius 2 is 1.94 bits per heavy atom. The van der Waals surface area contributed by atoms with E-state index in [9.17, 15) is 9.18 Å². The highest BCUT2D eigenvalue weighted by molar-refractivity contribution is 6.04. The molecule has 92 valence electrons. The molecule has 0 aliphatic carbocycles. The zero-order valence-electron chi connectivity index (χ0n) is 9.91. The molecule has 0 radical (unpaired) electrons. The summed E-state index contributed by atoms with van der Waals surface area (Å²) in [6.07, 6.45) is 0. The predicted molar refractivity (Wildman–Crippen MR) is 69.9 cm³/mol. The van der Waals surface area contributed by atoms with Gasteiger partial charge in [-0.25, -0.2) is 4.39 Å². The number of nitrogens with two attached hydrogens (primary N) is 1. The SMILES string of the molecule is Cc1cc(NC(=O)c2ccccc2F)ccc1N. The first-order valence-corrected chi connectivity index (χ1v) is 5.50. The van der Waals surface area contributed by atoms with Crippen LogP contribution in [0.3, 0.4) is 0 Å². The minimum Gasteiger partial charge on any atom is -0.399 e.